The van der Waals surface area contributed by atoms with Gasteiger partial charge >= 0.3 is 0 Å². The van der Waals surface area contributed by atoms with Crippen LogP contribution in [0.25, 0.3) is 21.8 Å². The van der Waals surface area contributed by atoms with Crippen LogP contribution in [0.15, 0.2) is 30.5 Å². The maximum atomic E-state index is 9.55. The molecule has 5 rings (SSSR count). The van der Waals surface area contributed by atoms with E-state index >= 15 is 0 Å². The van der Waals surface area contributed by atoms with Crippen molar-refractivity contribution in [1.82, 2.24) is 4.57 Å². The normalized spacial score (nSPS) is 18.6. The van der Waals surface area contributed by atoms with Crippen LogP contribution in [0.2, 0.25) is 0 Å². The Bertz CT molecular complexity index is 1060. The molecule has 0 atom stereocenters. The van der Waals surface area contributed by atoms with Crippen molar-refractivity contribution in [3.8, 4) is 5.75 Å². The predicted octanol–water partition coefficient (Wildman–Crippen LogP) is 5.92. The van der Waals surface area contributed by atoms with Gasteiger partial charge in [-0.3, -0.25) is 0 Å². The van der Waals surface area contributed by atoms with Crippen molar-refractivity contribution in [2.75, 3.05) is 13.2 Å². The molecule has 2 saturated carbocycles. The second kappa shape index (κ2) is 9.82. The average molecular weight is 436 g/mol. The van der Waals surface area contributed by atoms with Crippen LogP contribution in [0.3, 0.4) is 0 Å². The maximum Gasteiger partial charge on any atom is 0.202 e. The molecule has 2 aromatic heterocycles. The molecule has 0 aliphatic heterocycles. The van der Waals surface area contributed by atoms with Crippen molar-refractivity contribution >= 4 is 21.8 Å². The first-order chi connectivity index (χ1) is 15.7. The minimum Gasteiger partial charge on any atom is -0.493 e. The summed E-state index contributed by atoms with van der Waals surface area (Å²) in [5, 5.41) is 12.2. The van der Waals surface area contributed by atoms with E-state index in [0.717, 1.165) is 24.8 Å². The van der Waals surface area contributed by atoms with Gasteiger partial charge in [-0.2, -0.15) is 4.57 Å². The number of nitrogens with zero attached hydrogens (tertiary/aromatic N) is 2. The fourth-order valence-corrected chi connectivity index (χ4v) is 6.15. The summed E-state index contributed by atoms with van der Waals surface area (Å²) in [5.74, 6) is 2.48. The Morgan fingerprint density at radius 2 is 1.66 bits per heavy atom. The number of aliphatic hydroxyl groups is 1. The van der Waals surface area contributed by atoms with Crippen LogP contribution in [0.5, 0.6) is 5.75 Å². The molecule has 0 bridgehead atoms. The van der Waals surface area contributed by atoms with Gasteiger partial charge in [-0.15, -0.1) is 0 Å². The Morgan fingerprint density at radius 1 is 0.938 bits per heavy atom. The van der Waals surface area contributed by atoms with Crippen LogP contribution >= 0.6 is 0 Å². The van der Waals surface area contributed by atoms with Crippen LogP contribution < -0.4 is 9.30 Å². The monoisotopic (exact) mass is 435 g/mol. The van der Waals surface area contributed by atoms with E-state index in [-0.39, 0.29) is 6.61 Å². The van der Waals surface area contributed by atoms with Crippen LogP contribution in [0.4, 0.5) is 0 Å². The van der Waals surface area contributed by atoms with Gasteiger partial charge < -0.3 is 14.4 Å². The number of ether oxygens (including phenoxy) is 1. The minimum atomic E-state index is 0.166. The van der Waals surface area contributed by atoms with E-state index in [0.29, 0.717) is 12.5 Å². The lowest BCUT2D eigenvalue weighted by molar-refractivity contribution is -0.702. The van der Waals surface area contributed by atoms with Gasteiger partial charge in [0.25, 0.3) is 0 Å². The number of fused-ring (bicyclic) bond motifs is 3. The van der Waals surface area contributed by atoms with E-state index in [1.165, 1.54) is 91.7 Å². The highest BCUT2D eigenvalue weighted by Crippen LogP contribution is 2.35. The van der Waals surface area contributed by atoms with E-state index < -0.39 is 0 Å². The van der Waals surface area contributed by atoms with E-state index in [4.69, 9.17) is 4.74 Å². The molecule has 0 spiro atoms. The highest BCUT2D eigenvalue weighted by Gasteiger charge is 2.23. The minimum absolute atomic E-state index is 0.166. The zero-order valence-corrected chi connectivity index (χ0v) is 19.7. The van der Waals surface area contributed by atoms with Crippen LogP contribution in [-0.4, -0.2) is 22.9 Å². The molecule has 4 heteroatoms. The van der Waals surface area contributed by atoms with Crippen LogP contribution in [0, 0.1) is 18.8 Å². The zero-order chi connectivity index (χ0) is 21.9. The van der Waals surface area contributed by atoms with Crippen molar-refractivity contribution < 1.29 is 14.4 Å². The van der Waals surface area contributed by atoms with Gasteiger partial charge in [0.1, 0.15) is 17.9 Å². The first-order valence-corrected chi connectivity index (χ1v) is 12.9. The topological polar surface area (TPSA) is 38.3 Å². The third-order valence-corrected chi connectivity index (χ3v) is 7.99. The van der Waals surface area contributed by atoms with Crippen molar-refractivity contribution in [1.29, 1.82) is 0 Å². The number of pyridine rings is 1. The third-order valence-electron chi connectivity index (χ3n) is 7.99. The van der Waals surface area contributed by atoms with E-state index in [9.17, 15) is 5.11 Å². The van der Waals surface area contributed by atoms with Gasteiger partial charge in [0.15, 0.2) is 12.7 Å². The van der Waals surface area contributed by atoms with Crippen LogP contribution in [0.1, 0.15) is 69.9 Å². The SMILES string of the molecule is Cc1c2c(cc[n+]1CCO)c1ccc(OCC3CCCCC3)cc1n2CC1CCCCC1. The Kier molecular flexibility index (Phi) is 6.68. The number of aliphatic hydroxyl groups excluding tert-OH is 1. The van der Waals surface area contributed by atoms with Crippen molar-refractivity contribution in [2.24, 2.45) is 11.8 Å². The summed E-state index contributed by atoms with van der Waals surface area (Å²) in [4.78, 5) is 0. The number of rotatable bonds is 7. The van der Waals surface area contributed by atoms with Gasteiger partial charge in [0, 0.05) is 36.4 Å². The molecule has 0 amide bonds. The molecule has 2 aliphatic rings. The fraction of sp³-hybridized carbons (Fsp3) is 0.607. The van der Waals surface area contributed by atoms with E-state index in [1.54, 1.807) is 0 Å². The van der Waals surface area contributed by atoms with Crippen molar-refractivity contribution in [3.63, 3.8) is 0 Å². The van der Waals surface area contributed by atoms with Gasteiger partial charge in [-0.25, -0.2) is 0 Å². The summed E-state index contributed by atoms with van der Waals surface area (Å²) in [6.07, 6.45) is 15.6. The summed E-state index contributed by atoms with van der Waals surface area (Å²) in [5.41, 5.74) is 3.87. The molecular formula is C28H39N2O2+. The predicted molar refractivity (Wildman–Crippen MR) is 130 cm³/mol. The average Bonchev–Trinajstić information content (AvgIpc) is 3.14. The largest absolute Gasteiger partial charge is 0.493 e. The first kappa shape index (κ1) is 21.8. The number of benzene rings is 1. The quantitative estimate of drug-likeness (QED) is 0.468. The fourth-order valence-electron chi connectivity index (χ4n) is 6.15. The Morgan fingerprint density at radius 3 is 2.38 bits per heavy atom. The molecule has 172 valence electrons. The lowest BCUT2D eigenvalue weighted by atomic mass is 9.89. The summed E-state index contributed by atoms with van der Waals surface area (Å²) in [6, 6.07) is 8.96. The van der Waals surface area contributed by atoms with E-state index in [2.05, 4.69) is 46.5 Å². The highest BCUT2D eigenvalue weighted by molar-refractivity contribution is 6.08. The molecule has 0 unspecified atom stereocenters. The Hall–Kier alpha value is -2.07. The molecule has 32 heavy (non-hydrogen) atoms. The van der Waals surface area contributed by atoms with Crippen LogP contribution in [-0.2, 0) is 13.1 Å². The molecule has 3 aromatic rings. The zero-order valence-electron chi connectivity index (χ0n) is 19.7. The van der Waals surface area contributed by atoms with Gasteiger partial charge in [-0.05, 0) is 49.7 Å². The standard InChI is InChI=1S/C28H39N2O2/c1-21-28-26(14-15-29(21)16-17-31)25-13-12-24(32-20-23-10-6-3-7-11-23)18-27(25)30(28)19-22-8-4-2-5-9-22/h12-15,18,22-23,31H,2-11,16-17,19-20H2,1H3/q+1. The summed E-state index contributed by atoms with van der Waals surface area (Å²) in [7, 11) is 0. The number of hydrogen-bond donors (Lipinski definition) is 1. The summed E-state index contributed by atoms with van der Waals surface area (Å²) in [6.45, 7) is 4.94. The van der Waals surface area contributed by atoms with Crippen molar-refractivity contribution in [3.05, 3.63) is 36.2 Å². The molecule has 0 saturated heterocycles. The molecular weight excluding hydrogens is 396 g/mol. The van der Waals surface area contributed by atoms with Gasteiger partial charge in [-0.1, -0.05) is 38.5 Å². The second-order valence-corrected chi connectivity index (χ2v) is 10.2. The highest BCUT2D eigenvalue weighted by atomic mass is 16.5. The molecule has 0 radical (unpaired) electrons. The number of hydrogen-bond acceptors (Lipinski definition) is 2. The maximum absolute atomic E-state index is 9.55. The summed E-state index contributed by atoms with van der Waals surface area (Å²) >= 11 is 0. The second-order valence-electron chi connectivity index (χ2n) is 10.2. The molecule has 2 aliphatic carbocycles. The smallest absolute Gasteiger partial charge is 0.202 e. The summed E-state index contributed by atoms with van der Waals surface area (Å²) < 4.78 is 11.1. The molecule has 2 heterocycles. The van der Waals surface area contributed by atoms with Crippen molar-refractivity contribution in [2.45, 2.75) is 84.2 Å². The lowest BCUT2D eigenvalue weighted by Crippen LogP contribution is -2.38. The Balaban J connectivity index is 1.53. The lowest BCUT2D eigenvalue weighted by Gasteiger charge is -2.23. The van der Waals surface area contributed by atoms with Gasteiger partial charge in [0.05, 0.1) is 12.1 Å². The number of aryl methyl sites for hydroxylation is 1. The third kappa shape index (κ3) is 4.39. The molecule has 4 nitrogen and oxygen atoms in total. The Labute approximate surface area is 192 Å². The van der Waals surface area contributed by atoms with E-state index in [1.807, 2.05) is 0 Å². The molecule has 1 aromatic carbocycles. The molecule has 2 fully saturated rings. The first-order valence-electron chi connectivity index (χ1n) is 12.9. The van der Waals surface area contributed by atoms with Gasteiger partial charge in [0.2, 0.25) is 5.69 Å². The molecule has 1 N–H and O–H groups in total. The number of aromatic nitrogens is 2.